The summed E-state index contributed by atoms with van der Waals surface area (Å²) in [6, 6.07) is 29.5. The maximum Gasteiger partial charge on any atom is 0.234 e. The van der Waals surface area contributed by atoms with Gasteiger partial charge in [0.2, 0.25) is 11.7 Å². The number of aryl methyl sites for hydroxylation is 1. The topological polar surface area (TPSA) is 73.0 Å². The van der Waals surface area contributed by atoms with Gasteiger partial charge in [0.05, 0.1) is 12.0 Å². The summed E-state index contributed by atoms with van der Waals surface area (Å²) in [5.74, 6) is 1.27. The molecule has 5 rings (SSSR count). The van der Waals surface area contributed by atoms with Crippen LogP contribution in [0.2, 0.25) is 0 Å². The lowest BCUT2D eigenvalue weighted by atomic mass is 10.0. The summed E-state index contributed by atoms with van der Waals surface area (Å²) in [5, 5.41) is 12.3. The Labute approximate surface area is 201 Å². The molecule has 0 bridgehead atoms. The van der Waals surface area contributed by atoms with Crippen LogP contribution in [-0.2, 0) is 4.79 Å². The van der Waals surface area contributed by atoms with Crippen molar-refractivity contribution in [3.63, 3.8) is 0 Å². The van der Waals surface area contributed by atoms with Crippen LogP contribution in [0.15, 0.2) is 107 Å². The number of carbonyl (C=O) groups is 1. The highest BCUT2D eigenvalue weighted by atomic mass is 32.2. The van der Waals surface area contributed by atoms with Gasteiger partial charge in [0, 0.05) is 16.9 Å². The van der Waals surface area contributed by atoms with E-state index in [1.54, 1.807) is 6.26 Å². The lowest BCUT2D eigenvalue weighted by molar-refractivity contribution is -0.113. The van der Waals surface area contributed by atoms with Gasteiger partial charge in [-0.05, 0) is 42.8 Å². The van der Waals surface area contributed by atoms with E-state index in [0.717, 1.165) is 28.1 Å². The maximum atomic E-state index is 12.9. The molecule has 6 nitrogen and oxygen atoms in total. The number of aromatic nitrogens is 3. The number of furan rings is 1. The van der Waals surface area contributed by atoms with Crippen molar-refractivity contribution in [2.75, 3.05) is 11.1 Å². The molecular formula is C27H22N4O2S. The van der Waals surface area contributed by atoms with Crippen molar-refractivity contribution in [3.05, 3.63) is 103 Å². The fourth-order valence-corrected chi connectivity index (χ4v) is 4.39. The van der Waals surface area contributed by atoms with E-state index in [4.69, 9.17) is 4.42 Å². The van der Waals surface area contributed by atoms with Crippen LogP contribution in [0.3, 0.4) is 0 Å². The smallest absolute Gasteiger partial charge is 0.234 e. The van der Waals surface area contributed by atoms with Gasteiger partial charge in [-0.25, -0.2) is 0 Å². The summed E-state index contributed by atoms with van der Waals surface area (Å²) in [4.78, 5) is 12.9. The first kappa shape index (κ1) is 21.7. The van der Waals surface area contributed by atoms with Crippen LogP contribution >= 0.6 is 11.8 Å². The van der Waals surface area contributed by atoms with Crippen molar-refractivity contribution in [2.24, 2.45) is 0 Å². The zero-order valence-electron chi connectivity index (χ0n) is 18.5. The highest BCUT2D eigenvalue weighted by molar-refractivity contribution is 7.99. The molecule has 2 aromatic heterocycles. The molecule has 3 aromatic carbocycles. The number of anilines is 1. The first-order valence-corrected chi connectivity index (χ1v) is 11.8. The number of hydrogen-bond donors (Lipinski definition) is 1. The molecule has 0 aliphatic heterocycles. The molecule has 1 amide bonds. The first-order valence-electron chi connectivity index (χ1n) is 10.8. The molecule has 168 valence electrons. The summed E-state index contributed by atoms with van der Waals surface area (Å²) >= 11 is 1.33. The fourth-order valence-electron chi connectivity index (χ4n) is 3.63. The molecule has 34 heavy (non-hydrogen) atoms. The summed E-state index contributed by atoms with van der Waals surface area (Å²) in [6.45, 7) is 2.04. The van der Waals surface area contributed by atoms with Gasteiger partial charge in [0.1, 0.15) is 0 Å². The Morgan fingerprint density at radius 3 is 2.44 bits per heavy atom. The Kier molecular flexibility index (Phi) is 6.27. The number of carbonyl (C=O) groups excluding carboxylic acids is 1. The van der Waals surface area contributed by atoms with Gasteiger partial charge in [-0.3, -0.25) is 9.36 Å². The van der Waals surface area contributed by atoms with E-state index in [-0.39, 0.29) is 11.7 Å². The van der Waals surface area contributed by atoms with E-state index < -0.39 is 0 Å². The summed E-state index contributed by atoms with van der Waals surface area (Å²) in [6.07, 6.45) is 1.61. The molecule has 5 aromatic rings. The average molecular weight is 467 g/mol. The molecule has 0 aliphatic carbocycles. The highest BCUT2D eigenvalue weighted by Crippen LogP contribution is 2.30. The van der Waals surface area contributed by atoms with E-state index >= 15 is 0 Å². The van der Waals surface area contributed by atoms with Gasteiger partial charge in [-0.1, -0.05) is 78.0 Å². The zero-order valence-corrected chi connectivity index (χ0v) is 19.3. The van der Waals surface area contributed by atoms with Crippen molar-refractivity contribution in [3.8, 4) is 28.4 Å². The quantitative estimate of drug-likeness (QED) is 0.288. The number of nitrogens with zero attached hydrogens (tertiary/aromatic N) is 3. The van der Waals surface area contributed by atoms with Gasteiger partial charge >= 0.3 is 0 Å². The molecule has 1 N–H and O–H groups in total. The number of benzene rings is 3. The second-order valence-corrected chi connectivity index (χ2v) is 8.65. The third kappa shape index (κ3) is 4.65. The van der Waals surface area contributed by atoms with Gasteiger partial charge in [0.25, 0.3) is 0 Å². The number of para-hydroxylation sites is 1. The predicted octanol–water partition coefficient (Wildman–Crippen LogP) is 6.23. The molecule has 0 unspecified atom stereocenters. The minimum atomic E-state index is -0.119. The number of rotatable bonds is 7. The average Bonchev–Trinajstić information content (AvgIpc) is 3.54. The standard InChI is InChI=1S/C27H22N4O2S/c1-19-13-15-21(16-14-19)31-26(24-12-7-17-33-24)29-30-27(31)34-18-25(32)28-23-11-6-5-10-22(23)20-8-3-2-4-9-20/h2-17H,18H2,1H3,(H,28,32). The summed E-state index contributed by atoms with van der Waals surface area (Å²) in [5.41, 5.74) is 4.86. The molecule has 0 saturated carbocycles. The maximum absolute atomic E-state index is 12.9. The van der Waals surface area contributed by atoms with Crippen molar-refractivity contribution >= 4 is 23.4 Å². The number of thioether (sulfide) groups is 1. The monoisotopic (exact) mass is 466 g/mol. The third-order valence-corrected chi connectivity index (χ3v) is 6.21. The van der Waals surface area contributed by atoms with Crippen LogP contribution in [0.1, 0.15) is 5.56 Å². The molecule has 0 atom stereocenters. The van der Waals surface area contributed by atoms with Crippen LogP contribution in [-0.4, -0.2) is 26.4 Å². The lowest BCUT2D eigenvalue weighted by Gasteiger charge is -2.12. The molecular weight excluding hydrogens is 444 g/mol. The Bertz CT molecular complexity index is 1390. The SMILES string of the molecule is Cc1ccc(-n2c(SCC(=O)Nc3ccccc3-c3ccccc3)nnc2-c2ccco2)cc1. The Balaban J connectivity index is 1.37. The van der Waals surface area contributed by atoms with E-state index in [0.29, 0.717) is 16.7 Å². The van der Waals surface area contributed by atoms with Crippen molar-refractivity contribution in [1.29, 1.82) is 0 Å². The van der Waals surface area contributed by atoms with Crippen molar-refractivity contribution in [1.82, 2.24) is 14.8 Å². The molecule has 0 radical (unpaired) electrons. The fraction of sp³-hybridized carbons (Fsp3) is 0.0741. The van der Waals surface area contributed by atoms with Crippen molar-refractivity contribution in [2.45, 2.75) is 12.1 Å². The minimum absolute atomic E-state index is 0.119. The van der Waals surface area contributed by atoms with Gasteiger partial charge in [-0.2, -0.15) is 0 Å². The summed E-state index contributed by atoms with van der Waals surface area (Å²) < 4.78 is 7.48. The van der Waals surface area contributed by atoms with Crippen molar-refractivity contribution < 1.29 is 9.21 Å². The van der Waals surface area contributed by atoms with Crippen LogP contribution in [0, 0.1) is 6.92 Å². The van der Waals surface area contributed by atoms with Gasteiger partial charge in [0.15, 0.2) is 10.9 Å². The van der Waals surface area contributed by atoms with Crippen LogP contribution < -0.4 is 5.32 Å². The molecule has 7 heteroatoms. The number of amides is 1. The van der Waals surface area contributed by atoms with Crippen LogP contribution in [0.4, 0.5) is 5.69 Å². The molecule has 0 saturated heterocycles. The van der Waals surface area contributed by atoms with Gasteiger partial charge in [-0.15, -0.1) is 10.2 Å². The van der Waals surface area contributed by atoms with Gasteiger partial charge < -0.3 is 9.73 Å². The number of hydrogen-bond acceptors (Lipinski definition) is 5. The second kappa shape index (κ2) is 9.80. The Hall–Kier alpha value is -4.10. The zero-order chi connectivity index (χ0) is 23.3. The predicted molar refractivity (Wildman–Crippen MR) is 135 cm³/mol. The minimum Gasteiger partial charge on any atom is -0.461 e. The van der Waals surface area contributed by atoms with E-state index in [9.17, 15) is 4.79 Å². The van der Waals surface area contributed by atoms with Crippen LogP contribution in [0.25, 0.3) is 28.4 Å². The second-order valence-electron chi connectivity index (χ2n) is 7.70. The molecule has 0 aliphatic rings. The molecule has 0 fully saturated rings. The first-order chi connectivity index (χ1) is 16.7. The number of nitrogens with one attached hydrogen (secondary N) is 1. The van der Waals surface area contributed by atoms with Crippen LogP contribution in [0.5, 0.6) is 0 Å². The highest BCUT2D eigenvalue weighted by Gasteiger charge is 2.19. The normalized spacial score (nSPS) is 10.9. The molecule has 2 heterocycles. The molecule has 0 spiro atoms. The van der Waals surface area contributed by atoms with E-state index in [1.807, 2.05) is 102 Å². The third-order valence-electron chi connectivity index (χ3n) is 5.29. The Morgan fingerprint density at radius 1 is 0.912 bits per heavy atom. The largest absolute Gasteiger partial charge is 0.461 e. The summed E-state index contributed by atoms with van der Waals surface area (Å²) in [7, 11) is 0. The lowest BCUT2D eigenvalue weighted by Crippen LogP contribution is -2.15. The van der Waals surface area contributed by atoms with E-state index in [2.05, 4.69) is 15.5 Å². The Morgan fingerprint density at radius 2 is 1.68 bits per heavy atom. The van der Waals surface area contributed by atoms with E-state index in [1.165, 1.54) is 11.8 Å².